The fraction of sp³-hybridized carbons (Fsp3) is 0.412. The average molecular weight is 412 g/mol. The zero-order chi connectivity index (χ0) is 18.7. The summed E-state index contributed by atoms with van der Waals surface area (Å²) in [5, 5.41) is 5.83. The molecule has 1 atom stereocenters. The van der Waals surface area contributed by atoms with E-state index in [1.165, 1.54) is 16.1 Å². The third-order valence-corrected chi connectivity index (χ3v) is 8.18. The van der Waals surface area contributed by atoms with Crippen LogP contribution >= 0.6 is 23.1 Å². The lowest BCUT2D eigenvalue weighted by molar-refractivity contribution is -0.123. The number of nitrogens with zero attached hydrogens (tertiary/aromatic N) is 2. The molecule has 1 saturated heterocycles. The Morgan fingerprint density at radius 3 is 2.81 bits per heavy atom. The molecule has 0 bridgehead atoms. The first-order valence-electron chi connectivity index (χ1n) is 8.23. The van der Waals surface area contributed by atoms with Crippen molar-refractivity contribution >= 4 is 39.0 Å². The van der Waals surface area contributed by atoms with E-state index in [9.17, 15) is 13.2 Å². The monoisotopic (exact) mass is 411 g/mol. The number of hydrogen-bond acceptors (Lipinski definition) is 6. The van der Waals surface area contributed by atoms with Crippen molar-refractivity contribution < 1.29 is 13.2 Å². The summed E-state index contributed by atoms with van der Waals surface area (Å²) < 4.78 is 27.3. The molecular weight excluding hydrogens is 390 g/mol. The Bertz CT molecular complexity index is 895. The van der Waals surface area contributed by atoms with Crippen molar-refractivity contribution in [2.45, 2.75) is 31.2 Å². The molecule has 1 aromatic heterocycles. The Morgan fingerprint density at radius 1 is 1.35 bits per heavy atom. The highest BCUT2D eigenvalue weighted by molar-refractivity contribution is 8.00. The number of aromatic nitrogens is 1. The molecule has 1 fully saturated rings. The minimum Gasteiger partial charge on any atom is -0.354 e. The van der Waals surface area contributed by atoms with Gasteiger partial charge in [-0.05, 0) is 25.5 Å². The van der Waals surface area contributed by atoms with Gasteiger partial charge in [0.1, 0.15) is 6.04 Å². The number of thioether (sulfide) groups is 1. The summed E-state index contributed by atoms with van der Waals surface area (Å²) in [6.07, 6.45) is 0.639. The van der Waals surface area contributed by atoms with Gasteiger partial charge in [-0.1, -0.05) is 18.2 Å². The number of rotatable bonds is 6. The lowest BCUT2D eigenvalue weighted by Gasteiger charge is -2.23. The van der Waals surface area contributed by atoms with Crippen molar-refractivity contribution in [1.82, 2.24) is 14.6 Å². The molecule has 26 heavy (non-hydrogen) atoms. The van der Waals surface area contributed by atoms with Gasteiger partial charge in [-0.2, -0.15) is 4.31 Å². The van der Waals surface area contributed by atoms with E-state index in [-0.39, 0.29) is 10.8 Å². The number of carbonyl (C=O) groups excluding carboxylic acids is 1. The van der Waals surface area contributed by atoms with E-state index in [1.54, 1.807) is 42.5 Å². The highest BCUT2D eigenvalue weighted by atomic mass is 32.2. The number of carbonyl (C=O) groups is 1. The van der Waals surface area contributed by atoms with E-state index in [0.29, 0.717) is 30.2 Å². The SMILES string of the molecule is Cc1nc(CCNC(=O)C2CSCN2S(=O)(=O)c2ccccc2C)cs1. The van der Waals surface area contributed by atoms with Crippen LogP contribution in [0, 0.1) is 13.8 Å². The molecule has 0 spiro atoms. The molecule has 1 unspecified atom stereocenters. The van der Waals surface area contributed by atoms with Gasteiger partial charge in [0.2, 0.25) is 15.9 Å². The highest BCUT2D eigenvalue weighted by Crippen LogP contribution is 2.29. The molecule has 6 nitrogen and oxygen atoms in total. The summed E-state index contributed by atoms with van der Waals surface area (Å²) >= 11 is 3.03. The van der Waals surface area contributed by atoms with Crippen LogP contribution in [0.5, 0.6) is 0 Å². The van der Waals surface area contributed by atoms with E-state index in [4.69, 9.17) is 0 Å². The van der Waals surface area contributed by atoms with Gasteiger partial charge < -0.3 is 5.32 Å². The maximum Gasteiger partial charge on any atom is 0.244 e. The van der Waals surface area contributed by atoms with Gasteiger partial charge in [-0.15, -0.1) is 23.1 Å². The first-order chi connectivity index (χ1) is 12.4. The number of amides is 1. The van der Waals surface area contributed by atoms with E-state index in [1.807, 2.05) is 12.3 Å². The minimum atomic E-state index is -3.70. The Balaban J connectivity index is 1.67. The number of aryl methyl sites for hydroxylation is 2. The summed E-state index contributed by atoms with van der Waals surface area (Å²) in [7, 11) is -3.70. The minimum absolute atomic E-state index is 0.251. The van der Waals surface area contributed by atoms with Crippen LogP contribution in [0.25, 0.3) is 0 Å². The molecule has 9 heteroatoms. The molecule has 1 aliphatic heterocycles. The van der Waals surface area contributed by atoms with E-state index in [0.717, 1.165) is 10.7 Å². The second-order valence-electron chi connectivity index (χ2n) is 6.07. The third-order valence-electron chi connectivity index (χ3n) is 4.17. The number of benzene rings is 1. The predicted octanol–water partition coefficient (Wildman–Crippen LogP) is 2.18. The Labute approximate surface area is 162 Å². The first-order valence-corrected chi connectivity index (χ1v) is 11.7. The van der Waals surface area contributed by atoms with Crippen molar-refractivity contribution in [2.75, 3.05) is 18.2 Å². The molecule has 1 N–H and O–H groups in total. The van der Waals surface area contributed by atoms with E-state index in [2.05, 4.69) is 10.3 Å². The summed E-state index contributed by atoms with van der Waals surface area (Å²) in [4.78, 5) is 17.2. The summed E-state index contributed by atoms with van der Waals surface area (Å²) in [5.41, 5.74) is 1.63. The van der Waals surface area contributed by atoms with Gasteiger partial charge in [0.05, 0.1) is 21.5 Å². The van der Waals surface area contributed by atoms with Crippen molar-refractivity contribution in [1.29, 1.82) is 0 Å². The van der Waals surface area contributed by atoms with Gasteiger partial charge in [-0.25, -0.2) is 13.4 Å². The number of nitrogens with one attached hydrogen (secondary N) is 1. The highest BCUT2D eigenvalue weighted by Gasteiger charge is 2.40. The van der Waals surface area contributed by atoms with Crippen molar-refractivity contribution in [3.63, 3.8) is 0 Å². The predicted molar refractivity (Wildman–Crippen MR) is 105 cm³/mol. The Morgan fingerprint density at radius 2 is 2.12 bits per heavy atom. The quantitative estimate of drug-likeness (QED) is 0.788. The van der Waals surface area contributed by atoms with Crippen LogP contribution in [0.15, 0.2) is 34.5 Å². The van der Waals surface area contributed by atoms with Crippen molar-refractivity contribution in [2.24, 2.45) is 0 Å². The summed E-state index contributed by atoms with van der Waals surface area (Å²) in [6, 6.07) is 6.18. The largest absolute Gasteiger partial charge is 0.354 e. The van der Waals surface area contributed by atoms with Crippen LogP contribution < -0.4 is 5.32 Å². The van der Waals surface area contributed by atoms with Crippen LogP contribution in [0.2, 0.25) is 0 Å². The Hall–Kier alpha value is -1.42. The van der Waals surface area contributed by atoms with E-state index < -0.39 is 16.1 Å². The number of hydrogen-bond donors (Lipinski definition) is 1. The molecule has 2 aromatic rings. The second kappa shape index (κ2) is 8.08. The van der Waals surface area contributed by atoms with Crippen LogP contribution in [-0.2, 0) is 21.2 Å². The Kier molecular flexibility index (Phi) is 6.01. The van der Waals surface area contributed by atoms with Gasteiger partial charge in [0, 0.05) is 24.1 Å². The van der Waals surface area contributed by atoms with Gasteiger partial charge >= 0.3 is 0 Å². The first kappa shape index (κ1) is 19.3. The molecule has 140 valence electrons. The molecule has 1 aromatic carbocycles. The summed E-state index contributed by atoms with van der Waals surface area (Å²) in [5.74, 6) is 0.506. The maximum atomic E-state index is 13.0. The standard InChI is InChI=1S/C17H21N3O3S3/c1-12-5-3-4-6-16(12)26(22,23)20-11-24-10-15(20)17(21)18-8-7-14-9-25-13(2)19-14/h3-6,9,15H,7-8,10-11H2,1-2H3,(H,18,21). The molecule has 0 radical (unpaired) electrons. The smallest absolute Gasteiger partial charge is 0.244 e. The molecular formula is C17H21N3O3S3. The lowest BCUT2D eigenvalue weighted by atomic mass is 10.2. The average Bonchev–Trinajstić information content (AvgIpc) is 3.24. The third kappa shape index (κ3) is 4.11. The number of sulfonamides is 1. The van der Waals surface area contributed by atoms with Gasteiger partial charge in [0.25, 0.3) is 0 Å². The molecule has 0 saturated carbocycles. The second-order valence-corrected chi connectivity index (χ2v) is 9.99. The molecule has 2 heterocycles. The summed E-state index contributed by atoms with van der Waals surface area (Å²) in [6.45, 7) is 4.15. The lowest BCUT2D eigenvalue weighted by Crippen LogP contribution is -2.47. The van der Waals surface area contributed by atoms with E-state index >= 15 is 0 Å². The molecule has 3 rings (SSSR count). The van der Waals surface area contributed by atoms with Crippen LogP contribution in [-0.4, -0.2) is 47.8 Å². The van der Waals surface area contributed by atoms with Crippen LogP contribution in [0.1, 0.15) is 16.3 Å². The number of thiazole rings is 1. The van der Waals surface area contributed by atoms with Gasteiger partial charge in [0.15, 0.2) is 0 Å². The topological polar surface area (TPSA) is 79.4 Å². The zero-order valence-corrected chi connectivity index (χ0v) is 17.1. The zero-order valence-electron chi connectivity index (χ0n) is 14.6. The molecule has 1 amide bonds. The van der Waals surface area contributed by atoms with Gasteiger partial charge in [-0.3, -0.25) is 4.79 Å². The fourth-order valence-corrected chi connectivity index (χ4v) is 6.82. The van der Waals surface area contributed by atoms with Crippen LogP contribution in [0.4, 0.5) is 0 Å². The van der Waals surface area contributed by atoms with Crippen molar-refractivity contribution in [3.8, 4) is 0 Å². The fourth-order valence-electron chi connectivity index (χ4n) is 2.80. The normalized spacial score (nSPS) is 18.2. The molecule has 0 aliphatic carbocycles. The molecule has 1 aliphatic rings. The van der Waals surface area contributed by atoms with Crippen molar-refractivity contribution in [3.05, 3.63) is 45.9 Å². The van der Waals surface area contributed by atoms with Crippen LogP contribution in [0.3, 0.4) is 0 Å². The maximum absolute atomic E-state index is 13.0.